The normalized spacial score (nSPS) is 23.1. The minimum atomic E-state index is -0.144. The van der Waals surface area contributed by atoms with E-state index in [4.69, 9.17) is 4.74 Å². The Kier molecular flexibility index (Phi) is 5.29. The summed E-state index contributed by atoms with van der Waals surface area (Å²) in [4.78, 5) is 15.9. The molecule has 0 radical (unpaired) electrons. The van der Waals surface area contributed by atoms with Crippen LogP contribution in [-0.4, -0.2) is 55.2 Å². The number of carbonyl (C=O) groups is 1. The van der Waals surface area contributed by atoms with E-state index in [1.807, 2.05) is 11.8 Å². The molecule has 4 heteroatoms. The van der Waals surface area contributed by atoms with E-state index in [0.29, 0.717) is 6.61 Å². The predicted molar refractivity (Wildman–Crippen MR) is 71.6 cm³/mol. The number of hydrogen-bond donors (Lipinski definition) is 0. The minimum absolute atomic E-state index is 0.144. The Morgan fingerprint density at radius 2 is 1.78 bits per heavy atom. The lowest BCUT2D eigenvalue weighted by molar-refractivity contribution is 0.0729. The molecular formula is C14H26N2O2. The van der Waals surface area contributed by atoms with Crippen molar-refractivity contribution in [2.24, 2.45) is 5.92 Å². The number of ether oxygens (including phenoxy) is 1. The van der Waals surface area contributed by atoms with Crippen molar-refractivity contribution in [3.63, 3.8) is 0 Å². The molecule has 1 saturated heterocycles. The topological polar surface area (TPSA) is 32.8 Å². The van der Waals surface area contributed by atoms with Gasteiger partial charge < -0.3 is 9.64 Å². The van der Waals surface area contributed by atoms with Crippen LogP contribution in [0.1, 0.15) is 39.0 Å². The lowest BCUT2D eigenvalue weighted by atomic mass is 9.89. The zero-order valence-electron chi connectivity index (χ0n) is 11.6. The monoisotopic (exact) mass is 254 g/mol. The van der Waals surface area contributed by atoms with E-state index in [-0.39, 0.29) is 6.09 Å². The van der Waals surface area contributed by atoms with E-state index < -0.39 is 0 Å². The standard InChI is InChI=1S/C14H26N2O2/c1-2-18-14(17)16-10-8-15(9-11-16)12-13-6-4-3-5-7-13/h13H,2-12H2,1H3. The van der Waals surface area contributed by atoms with Gasteiger partial charge in [0.2, 0.25) is 0 Å². The van der Waals surface area contributed by atoms with Crippen molar-refractivity contribution in [2.75, 3.05) is 39.3 Å². The van der Waals surface area contributed by atoms with Gasteiger partial charge in [0.1, 0.15) is 0 Å². The molecule has 1 heterocycles. The van der Waals surface area contributed by atoms with Gasteiger partial charge in [-0.15, -0.1) is 0 Å². The van der Waals surface area contributed by atoms with Crippen LogP contribution < -0.4 is 0 Å². The SMILES string of the molecule is CCOC(=O)N1CCN(CC2CCCCC2)CC1. The first kappa shape index (κ1) is 13.7. The van der Waals surface area contributed by atoms with Gasteiger partial charge in [0, 0.05) is 32.7 Å². The highest BCUT2D eigenvalue weighted by Crippen LogP contribution is 2.24. The number of amides is 1. The Morgan fingerprint density at radius 1 is 1.11 bits per heavy atom. The molecule has 0 atom stereocenters. The number of rotatable bonds is 3. The van der Waals surface area contributed by atoms with E-state index in [2.05, 4.69) is 4.90 Å². The summed E-state index contributed by atoms with van der Waals surface area (Å²) >= 11 is 0. The highest BCUT2D eigenvalue weighted by molar-refractivity contribution is 5.67. The van der Waals surface area contributed by atoms with E-state index in [0.717, 1.165) is 32.1 Å². The second-order valence-electron chi connectivity index (χ2n) is 5.49. The van der Waals surface area contributed by atoms with Gasteiger partial charge in [0.05, 0.1) is 6.61 Å². The fourth-order valence-corrected chi connectivity index (χ4v) is 3.06. The molecule has 1 aliphatic heterocycles. The van der Waals surface area contributed by atoms with Gasteiger partial charge in [-0.05, 0) is 25.7 Å². The fourth-order valence-electron chi connectivity index (χ4n) is 3.06. The van der Waals surface area contributed by atoms with Crippen LogP contribution in [0, 0.1) is 5.92 Å². The largest absolute Gasteiger partial charge is 0.450 e. The molecule has 1 aliphatic carbocycles. The maximum absolute atomic E-state index is 11.6. The second kappa shape index (κ2) is 6.98. The molecule has 18 heavy (non-hydrogen) atoms. The van der Waals surface area contributed by atoms with Crippen LogP contribution in [0.3, 0.4) is 0 Å². The molecule has 0 unspecified atom stereocenters. The summed E-state index contributed by atoms with van der Waals surface area (Å²) in [5.41, 5.74) is 0. The third-order valence-electron chi connectivity index (χ3n) is 4.14. The van der Waals surface area contributed by atoms with Gasteiger partial charge in [-0.1, -0.05) is 19.3 Å². The van der Waals surface area contributed by atoms with Crippen LogP contribution in [0.4, 0.5) is 4.79 Å². The van der Waals surface area contributed by atoms with E-state index in [1.165, 1.54) is 38.6 Å². The Labute approximate surface area is 110 Å². The molecule has 0 aromatic rings. The van der Waals surface area contributed by atoms with Crippen LogP contribution in [0.25, 0.3) is 0 Å². The molecule has 1 amide bonds. The average Bonchev–Trinajstić information content (AvgIpc) is 2.41. The molecule has 4 nitrogen and oxygen atoms in total. The summed E-state index contributed by atoms with van der Waals surface area (Å²) in [7, 11) is 0. The van der Waals surface area contributed by atoms with Crippen molar-refractivity contribution < 1.29 is 9.53 Å². The first-order valence-corrected chi connectivity index (χ1v) is 7.43. The molecule has 0 aromatic carbocycles. The maximum Gasteiger partial charge on any atom is 0.409 e. The first-order valence-electron chi connectivity index (χ1n) is 7.43. The summed E-state index contributed by atoms with van der Waals surface area (Å²) in [6.07, 6.45) is 6.90. The second-order valence-corrected chi connectivity index (χ2v) is 5.49. The van der Waals surface area contributed by atoms with Gasteiger partial charge >= 0.3 is 6.09 Å². The van der Waals surface area contributed by atoms with Crippen molar-refractivity contribution in [2.45, 2.75) is 39.0 Å². The van der Waals surface area contributed by atoms with E-state index in [9.17, 15) is 4.79 Å². The Hall–Kier alpha value is -0.770. The molecular weight excluding hydrogens is 228 g/mol. The van der Waals surface area contributed by atoms with Gasteiger partial charge in [0.15, 0.2) is 0 Å². The van der Waals surface area contributed by atoms with Crippen molar-refractivity contribution in [1.82, 2.24) is 9.80 Å². The Bertz CT molecular complexity index is 257. The third-order valence-corrected chi connectivity index (χ3v) is 4.14. The highest BCUT2D eigenvalue weighted by Gasteiger charge is 2.24. The number of nitrogens with zero attached hydrogens (tertiary/aromatic N) is 2. The molecule has 2 rings (SSSR count). The third kappa shape index (κ3) is 3.87. The van der Waals surface area contributed by atoms with Gasteiger partial charge in [-0.25, -0.2) is 4.79 Å². The summed E-state index contributed by atoms with van der Waals surface area (Å²) in [6, 6.07) is 0. The van der Waals surface area contributed by atoms with Crippen LogP contribution in [0.15, 0.2) is 0 Å². The fraction of sp³-hybridized carbons (Fsp3) is 0.929. The molecule has 0 bridgehead atoms. The van der Waals surface area contributed by atoms with Gasteiger partial charge in [0.25, 0.3) is 0 Å². The molecule has 2 aliphatic rings. The van der Waals surface area contributed by atoms with E-state index in [1.54, 1.807) is 0 Å². The number of piperazine rings is 1. The number of carbonyl (C=O) groups excluding carboxylic acids is 1. The Morgan fingerprint density at radius 3 is 2.39 bits per heavy atom. The quantitative estimate of drug-likeness (QED) is 0.775. The minimum Gasteiger partial charge on any atom is -0.450 e. The zero-order chi connectivity index (χ0) is 12.8. The van der Waals surface area contributed by atoms with Crippen molar-refractivity contribution >= 4 is 6.09 Å². The predicted octanol–water partition coefficient (Wildman–Crippen LogP) is 2.34. The maximum atomic E-state index is 11.6. The summed E-state index contributed by atoms with van der Waals surface area (Å²) in [5, 5.41) is 0. The van der Waals surface area contributed by atoms with Crippen LogP contribution in [0.2, 0.25) is 0 Å². The summed E-state index contributed by atoms with van der Waals surface area (Å²) < 4.78 is 5.04. The molecule has 0 N–H and O–H groups in total. The molecule has 2 fully saturated rings. The van der Waals surface area contributed by atoms with Gasteiger partial charge in [-0.3, -0.25) is 4.90 Å². The van der Waals surface area contributed by atoms with Crippen LogP contribution in [-0.2, 0) is 4.74 Å². The molecule has 1 saturated carbocycles. The zero-order valence-corrected chi connectivity index (χ0v) is 11.6. The smallest absolute Gasteiger partial charge is 0.409 e. The molecule has 104 valence electrons. The lowest BCUT2D eigenvalue weighted by Crippen LogP contribution is -2.50. The highest BCUT2D eigenvalue weighted by atomic mass is 16.6. The van der Waals surface area contributed by atoms with Crippen LogP contribution in [0.5, 0.6) is 0 Å². The first-order chi connectivity index (χ1) is 8.79. The summed E-state index contributed by atoms with van der Waals surface area (Å²) in [6.45, 7) is 7.23. The average molecular weight is 254 g/mol. The lowest BCUT2D eigenvalue weighted by Gasteiger charge is -2.36. The Balaban J connectivity index is 1.68. The molecule has 0 aromatic heterocycles. The van der Waals surface area contributed by atoms with Gasteiger partial charge in [-0.2, -0.15) is 0 Å². The van der Waals surface area contributed by atoms with Crippen molar-refractivity contribution in [3.8, 4) is 0 Å². The van der Waals surface area contributed by atoms with Crippen molar-refractivity contribution in [3.05, 3.63) is 0 Å². The van der Waals surface area contributed by atoms with Crippen molar-refractivity contribution in [1.29, 1.82) is 0 Å². The summed E-state index contributed by atoms with van der Waals surface area (Å²) in [5.74, 6) is 0.896. The molecule has 0 spiro atoms. The number of hydrogen-bond acceptors (Lipinski definition) is 3. The van der Waals surface area contributed by atoms with E-state index >= 15 is 0 Å². The van der Waals surface area contributed by atoms with Crippen LogP contribution >= 0.6 is 0 Å².